The van der Waals surface area contributed by atoms with E-state index in [-0.39, 0.29) is 18.3 Å². The highest BCUT2D eigenvalue weighted by atomic mass is 35.5. The Morgan fingerprint density at radius 2 is 2.03 bits per heavy atom. The molecule has 1 heterocycles. The Morgan fingerprint density at radius 3 is 2.80 bits per heavy atom. The molecule has 1 atom stereocenters. The molecule has 154 valence electrons. The van der Waals surface area contributed by atoms with Crippen LogP contribution in [-0.2, 0) is 9.59 Å². The SMILES string of the molecule is CNC(=O)c1cccc(NC(=O)C[C@@H]2N=C(N/N=C\c3ccccc3Cl)NC2=O)c1. The number of hydrogen-bond acceptors (Lipinski definition) is 6. The van der Waals surface area contributed by atoms with Crippen LogP contribution in [0.1, 0.15) is 22.3 Å². The Kier molecular flexibility index (Phi) is 6.76. The van der Waals surface area contributed by atoms with E-state index >= 15 is 0 Å². The molecule has 30 heavy (non-hydrogen) atoms. The molecule has 10 heteroatoms. The Bertz CT molecular complexity index is 1040. The van der Waals surface area contributed by atoms with Gasteiger partial charge in [-0.15, -0.1) is 0 Å². The van der Waals surface area contributed by atoms with Gasteiger partial charge in [0.2, 0.25) is 11.9 Å². The van der Waals surface area contributed by atoms with Crippen molar-refractivity contribution >= 4 is 47.2 Å². The van der Waals surface area contributed by atoms with Crippen LogP contribution in [0, 0.1) is 0 Å². The zero-order chi connectivity index (χ0) is 21.5. The molecule has 0 spiro atoms. The first-order chi connectivity index (χ1) is 14.5. The van der Waals surface area contributed by atoms with Crippen LogP contribution in [0.4, 0.5) is 5.69 Å². The summed E-state index contributed by atoms with van der Waals surface area (Å²) in [6.07, 6.45) is 1.34. The Morgan fingerprint density at radius 1 is 1.23 bits per heavy atom. The van der Waals surface area contributed by atoms with Gasteiger partial charge in [-0.2, -0.15) is 5.10 Å². The first-order valence-electron chi connectivity index (χ1n) is 9.00. The van der Waals surface area contributed by atoms with Gasteiger partial charge in [0.05, 0.1) is 12.6 Å². The van der Waals surface area contributed by atoms with Gasteiger partial charge in [0.1, 0.15) is 6.04 Å². The van der Waals surface area contributed by atoms with Gasteiger partial charge in [-0.05, 0) is 24.3 Å². The minimum absolute atomic E-state index is 0.141. The molecule has 2 aromatic rings. The summed E-state index contributed by atoms with van der Waals surface area (Å²) in [6.45, 7) is 0. The van der Waals surface area contributed by atoms with Gasteiger partial charge in [0.15, 0.2) is 0 Å². The number of carbonyl (C=O) groups is 3. The summed E-state index contributed by atoms with van der Waals surface area (Å²) in [5.74, 6) is -0.949. The monoisotopic (exact) mass is 426 g/mol. The maximum Gasteiger partial charge on any atom is 0.252 e. The number of nitrogens with zero attached hydrogens (tertiary/aromatic N) is 2. The minimum Gasteiger partial charge on any atom is -0.355 e. The van der Waals surface area contributed by atoms with Crippen LogP contribution < -0.4 is 21.4 Å². The predicted molar refractivity (Wildman–Crippen MR) is 115 cm³/mol. The zero-order valence-electron chi connectivity index (χ0n) is 16.0. The van der Waals surface area contributed by atoms with Crippen molar-refractivity contribution in [2.75, 3.05) is 12.4 Å². The van der Waals surface area contributed by atoms with Gasteiger partial charge in [-0.25, -0.2) is 10.4 Å². The molecule has 1 aliphatic rings. The van der Waals surface area contributed by atoms with E-state index in [4.69, 9.17) is 11.6 Å². The van der Waals surface area contributed by atoms with E-state index in [2.05, 4.69) is 31.5 Å². The summed E-state index contributed by atoms with van der Waals surface area (Å²) in [5, 5.41) is 12.2. The van der Waals surface area contributed by atoms with Crippen LogP contribution >= 0.6 is 11.6 Å². The number of anilines is 1. The molecule has 1 aliphatic heterocycles. The maximum absolute atomic E-state index is 12.3. The molecule has 0 radical (unpaired) electrons. The second kappa shape index (κ2) is 9.66. The van der Waals surface area contributed by atoms with Crippen molar-refractivity contribution in [3.8, 4) is 0 Å². The van der Waals surface area contributed by atoms with Crippen molar-refractivity contribution in [1.29, 1.82) is 0 Å². The second-order valence-electron chi connectivity index (χ2n) is 6.29. The van der Waals surface area contributed by atoms with Gasteiger partial charge < -0.3 is 10.6 Å². The quantitative estimate of drug-likeness (QED) is 0.412. The van der Waals surface area contributed by atoms with Gasteiger partial charge in [-0.1, -0.05) is 35.9 Å². The number of carbonyl (C=O) groups excluding carboxylic acids is 3. The summed E-state index contributed by atoms with van der Waals surface area (Å²) in [4.78, 5) is 40.2. The van der Waals surface area contributed by atoms with E-state index in [1.807, 2.05) is 6.07 Å². The molecule has 0 aliphatic carbocycles. The summed E-state index contributed by atoms with van der Waals surface area (Å²) < 4.78 is 0. The van der Waals surface area contributed by atoms with Crippen molar-refractivity contribution < 1.29 is 14.4 Å². The van der Waals surface area contributed by atoms with Crippen LogP contribution in [0.15, 0.2) is 58.6 Å². The number of hydrogen-bond donors (Lipinski definition) is 4. The van der Waals surface area contributed by atoms with Crippen molar-refractivity contribution in [3.63, 3.8) is 0 Å². The molecule has 0 saturated carbocycles. The van der Waals surface area contributed by atoms with Crippen LogP contribution in [-0.4, -0.2) is 43.0 Å². The number of amides is 3. The molecule has 4 N–H and O–H groups in total. The van der Waals surface area contributed by atoms with E-state index in [1.54, 1.807) is 42.5 Å². The average molecular weight is 427 g/mol. The summed E-state index contributed by atoms with van der Waals surface area (Å²) >= 11 is 6.04. The standard InChI is InChI=1S/C20H19ClN6O3/c1-22-18(29)12-6-4-7-14(9-12)24-17(28)10-16-19(30)26-20(25-16)27-23-11-13-5-2-3-8-15(13)21/h2-9,11,16H,10H2,1H3,(H,22,29)(H,24,28)(H2,25,26,27,30)/b23-11-/t16-/m0/s1. The predicted octanol–water partition coefficient (Wildman–Crippen LogP) is 1.51. The number of guanidine groups is 1. The first kappa shape index (κ1) is 21.0. The Labute approximate surface area is 177 Å². The topological polar surface area (TPSA) is 124 Å². The van der Waals surface area contributed by atoms with E-state index in [9.17, 15) is 14.4 Å². The highest BCUT2D eigenvalue weighted by Gasteiger charge is 2.28. The zero-order valence-corrected chi connectivity index (χ0v) is 16.7. The third-order valence-corrected chi connectivity index (χ3v) is 4.47. The molecule has 3 amide bonds. The lowest BCUT2D eigenvalue weighted by Gasteiger charge is -2.08. The van der Waals surface area contributed by atoms with Crippen molar-refractivity contribution in [2.45, 2.75) is 12.5 Å². The van der Waals surface area contributed by atoms with Crippen LogP contribution in [0.2, 0.25) is 5.02 Å². The molecule has 3 rings (SSSR count). The summed E-state index contributed by atoms with van der Waals surface area (Å²) in [5.41, 5.74) is 4.18. The van der Waals surface area contributed by atoms with Gasteiger partial charge in [-0.3, -0.25) is 19.7 Å². The third kappa shape index (κ3) is 5.42. The van der Waals surface area contributed by atoms with Crippen molar-refractivity contribution in [3.05, 3.63) is 64.7 Å². The molecule has 9 nitrogen and oxygen atoms in total. The lowest BCUT2D eigenvalue weighted by molar-refractivity contribution is -0.123. The highest BCUT2D eigenvalue weighted by molar-refractivity contribution is 6.33. The fourth-order valence-electron chi connectivity index (χ4n) is 2.65. The van der Waals surface area contributed by atoms with Crippen molar-refractivity contribution in [1.82, 2.24) is 16.1 Å². The second-order valence-corrected chi connectivity index (χ2v) is 6.69. The minimum atomic E-state index is -0.884. The summed E-state index contributed by atoms with van der Waals surface area (Å²) in [6, 6.07) is 12.7. The van der Waals surface area contributed by atoms with E-state index in [1.165, 1.54) is 13.3 Å². The Hall–Kier alpha value is -3.72. The molecular formula is C20H19ClN6O3. The van der Waals surface area contributed by atoms with E-state index in [0.717, 1.165) is 0 Å². The largest absolute Gasteiger partial charge is 0.355 e. The number of hydrazone groups is 1. The van der Waals surface area contributed by atoms with Crippen molar-refractivity contribution in [2.24, 2.45) is 10.1 Å². The van der Waals surface area contributed by atoms with Crippen LogP contribution in [0.3, 0.4) is 0 Å². The number of nitrogens with one attached hydrogen (secondary N) is 4. The van der Waals surface area contributed by atoms with Gasteiger partial charge >= 0.3 is 0 Å². The number of aliphatic imine (C=N–C) groups is 1. The number of halogens is 1. The lowest BCUT2D eigenvalue weighted by atomic mass is 10.1. The van der Waals surface area contributed by atoms with Gasteiger partial charge in [0.25, 0.3) is 11.8 Å². The molecule has 0 aromatic heterocycles. The van der Waals surface area contributed by atoms with Crippen LogP contribution in [0.5, 0.6) is 0 Å². The van der Waals surface area contributed by atoms with Gasteiger partial charge in [0, 0.05) is 28.9 Å². The average Bonchev–Trinajstić information content (AvgIpc) is 3.08. The number of rotatable bonds is 6. The lowest BCUT2D eigenvalue weighted by Crippen LogP contribution is -2.35. The molecule has 2 aromatic carbocycles. The number of benzene rings is 2. The fourth-order valence-corrected chi connectivity index (χ4v) is 2.84. The maximum atomic E-state index is 12.3. The fraction of sp³-hybridized carbons (Fsp3) is 0.150. The third-order valence-electron chi connectivity index (χ3n) is 4.12. The molecule has 0 fully saturated rings. The first-order valence-corrected chi connectivity index (χ1v) is 9.38. The van der Waals surface area contributed by atoms with E-state index < -0.39 is 17.9 Å². The smallest absolute Gasteiger partial charge is 0.252 e. The molecule has 0 bridgehead atoms. The van der Waals surface area contributed by atoms with Crippen LogP contribution in [0.25, 0.3) is 0 Å². The summed E-state index contributed by atoms with van der Waals surface area (Å²) in [7, 11) is 1.52. The molecule has 0 saturated heterocycles. The molecule has 0 unspecified atom stereocenters. The highest BCUT2D eigenvalue weighted by Crippen LogP contribution is 2.14. The van der Waals surface area contributed by atoms with E-state index in [0.29, 0.717) is 21.8 Å². The Balaban J connectivity index is 1.57. The molecular weight excluding hydrogens is 408 g/mol. The normalized spacial score (nSPS) is 15.5.